The summed E-state index contributed by atoms with van der Waals surface area (Å²) in [6, 6.07) is 7.50. The second-order valence-electron chi connectivity index (χ2n) is 2.93. The first-order valence-electron chi connectivity index (χ1n) is 4.00. The summed E-state index contributed by atoms with van der Waals surface area (Å²) in [6.07, 6.45) is 0. The van der Waals surface area contributed by atoms with Crippen molar-refractivity contribution in [2.45, 2.75) is 0 Å². The zero-order valence-electron chi connectivity index (χ0n) is 7.14. The minimum atomic E-state index is -0.155. The van der Waals surface area contributed by atoms with Crippen LogP contribution >= 0.6 is 0 Å². The molecule has 14 heavy (non-hydrogen) atoms. The molecular formula is C10H7NO3. The van der Waals surface area contributed by atoms with Crippen molar-refractivity contribution < 1.29 is 10.2 Å². The second-order valence-corrected chi connectivity index (χ2v) is 2.93. The molecule has 0 saturated heterocycles. The van der Waals surface area contributed by atoms with Gasteiger partial charge in [-0.15, -0.1) is 4.91 Å². The third-order valence-corrected chi connectivity index (χ3v) is 2.05. The van der Waals surface area contributed by atoms with Crippen LogP contribution in [0.5, 0.6) is 11.5 Å². The number of benzene rings is 2. The zero-order chi connectivity index (χ0) is 10.1. The predicted octanol–water partition coefficient (Wildman–Crippen LogP) is 2.65. The molecule has 0 unspecified atom stereocenters. The summed E-state index contributed by atoms with van der Waals surface area (Å²) >= 11 is 0. The molecule has 2 rings (SSSR count). The Bertz CT molecular complexity index is 508. The van der Waals surface area contributed by atoms with Gasteiger partial charge >= 0.3 is 0 Å². The van der Waals surface area contributed by atoms with Crippen molar-refractivity contribution in [2.75, 3.05) is 0 Å². The van der Waals surface area contributed by atoms with Crippen molar-refractivity contribution in [1.29, 1.82) is 0 Å². The molecule has 70 valence electrons. The van der Waals surface area contributed by atoms with E-state index in [0.29, 0.717) is 10.8 Å². The highest BCUT2D eigenvalue weighted by molar-refractivity contribution is 5.93. The highest BCUT2D eigenvalue weighted by Gasteiger charge is 2.06. The van der Waals surface area contributed by atoms with E-state index in [1.54, 1.807) is 6.07 Å². The maximum absolute atomic E-state index is 10.3. The summed E-state index contributed by atoms with van der Waals surface area (Å²) in [7, 11) is 0. The molecule has 4 heteroatoms. The number of phenols is 2. The van der Waals surface area contributed by atoms with E-state index in [-0.39, 0.29) is 17.2 Å². The maximum Gasteiger partial charge on any atom is 0.152 e. The van der Waals surface area contributed by atoms with Gasteiger partial charge in [-0.1, -0.05) is 6.07 Å². The maximum atomic E-state index is 10.3. The van der Waals surface area contributed by atoms with Gasteiger partial charge in [0, 0.05) is 5.39 Å². The van der Waals surface area contributed by atoms with Crippen LogP contribution in [0.25, 0.3) is 10.8 Å². The molecule has 0 heterocycles. The van der Waals surface area contributed by atoms with E-state index in [1.807, 2.05) is 0 Å². The van der Waals surface area contributed by atoms with Gasteiger partial charge in [-0.2, -0.15) is 0 Å². The normalized spacial score (nSPS) is 10.3. The van der Waals surface area contributed by atoms with Gasteiger partial charge in [0.25, 0.3) is 0 Å². The van der Waals surface area contributed by atoms with E-state index in [4.69, 9.17) is 0 Å². The number of fused-ring (bicyclic) bond motifs is 1. The number of nitroso groups, excluding NO2 is 1. The van der Waals surface area contributed by atoms with Crippen molar-refractivity contribution in [3.05, 3.63) is 35.2 Å². The van der Waals surface area contributed by atoms with Gasteiger partial charge in [0.05, 0.1) is 0 Å². The lowest BCUT2D eigenvalue weighted by atomic mass is 10.1. The largest absolute Gasteiger partial charge is 0.508 e. The molecule has 0 radical (unpaired) electrons. The highest BCUT2D eigenvalue weighted by Crippen LogP contribution is 2.35. The van der Waals surface area contributed by atoms with E-state index in [9.17, 15) is 15.1 Å². The lowest BCUT2D eigenvalue weighted by molar-refractivity contribution is 0.475. The van der Waals surface area contributed by atoms with E-state index < -0.39 is 0 Å². The van der Waals surface area contributed by atoms with Crippen LogP contribution in [0.4, 0.5) is 5.69 Å². The number of nitrogens with zero attached hydrogens (tertiary/aromatic N) is 1. The summed E-state index contributed by atoms with van der Waals surface area (Å²) in [5.74, 6) is -0.0405. The van der Waals surface area contributed by atoms with Crippen LogP contribution in [0.2, 0.25) is 0 Å². The van der Waals surface area contributed by atoms with E-state index in [2.05, 4.69) is 5.18 Å². The lowest BCUT2D eigenvalue weighted by Gasteiger charge is -2.02. The quantitative estimate of drug-likeness (QED) is 0.677. The Morgan fingerprint density at radius 3 is 2.57 bits per heavy atom. The van der Waals surface area contributed by atoms with Crippen molar-refractivity contribution in [2.24, 2.45) is 5.18 Å². The third-order valence-electron chi connectivity index (χ3n) is 2.05. The molecule has 2 aromatic rings. The first-order chi connectivity index (χ1) is 6.72. The Labute approximate surface area is 79.4 Å². The molecule has 4 nitrogen and oxygen atoms in total. The number of phenolic OH excluding ortho intramolecular Hbond substituents is 2. The molecule has 0 aliphatic rings. The molecule has 2 N–H and O–H groups in total. The Morgan fingerprint density at radius 2 is 1.86 bits per heavy atom. The minimum absolute atomic E-state index is 0.00295. The van der Waals surface area contributed by atoms with Crippen molar-refractivity contribution in [3.8, 4) is 11.5 Å². The summed E-state index contributed by atoms with van der Waals surface area (Å²) < 4.78 is 0. The Balaban J connectivity index is 2.83. The minimum Gasteiger partial charge on any atom is -0.508 e. The highest BCUT2D eigenvalue weighted by atomic mass is 16.3. The summed E-state index contributed by atoms with van der Waals surface area (Å²) in [5.41, 5.74) is 0.00295. The molecule has 0 amide bonds. The van der Waals surface area contributed by atoms with E-state index in [0.717, 1.165) is 0 Å². The Kier molecular flexibility index (Phi) is 1.81. The molecular weight excluding hydrogens is 182 g/mol. The van der Waals surface area contributed by atoms with Gasteiger partial charge in [0.1, 0.15) is 11.4 Å². The summed E-state index contributed by atoms with van der Waals surface area (Å²) in [6.45, 7) is 0. The number of hydrogen-bond donors (Lipinski definition) is 2. The number of hydrogen-bond acceptors (Lipinski definition) is 4. The van der Waals surface area contributed by atoms with Crippen LogP contribution in [0, 0.1) is 4.91 Å². The Hall–Kier alpha value is -2.10. The average Bonchev–Trinajstić information content (AvgIpc) is 2.18. The summed E-state index contributed by atoms with van der Waals surface area (Å²) in [4.78, 5) is 10.3. The third kappa shape index (κ3) is 1.17. The van der Waals surface area contributed by atoms with Crippen molar-refractivity contribution in [3.63, 3.8) is 0 Å². The average molecular weight is 189 g/mol. The van der Waals surface area contributed by atoms with Gasteiger partial charge in [0.15, 0.2) is 5.75 Å². The van der Waals surface area contributed by atoms with Crippen molar-refractivity contribution >= 4 is 16.5 Å². The van der Waals surface area contributed by atoms with Gasteiger partial charge in [-0.25, -0.2) is 0 Å². The van der Waals surface area contributed by atoms with E-state index >= 15 is 0 Å². The smallest absolute Gasteiger partial charge is 0.152 e. The van der Waals surface area contributed by atoms with Crippen LogP contribution < -0.4 is 0 Å². The van der Waals surface area contributed by atoms with Crippen molar-refractivity contribution in [1.82, 2.24) is 0 Å². The monoisotopic (exact) mass is 189 g/mol. The summed E-state index contributed by atoms with van der Waals surface area (Å²) in [5, 5.41) is 22.6. The SMILES string of the molecule is O=Nc1ccc2cc(O)ccc2c1O. The first kappa shape index (κ1) is 8.50. The molecule has 0 aromatic heterocycles. The molecule has 2 aromatic carbocycles. The second kappa shape index (κ2) is 2.99. The van der Waals surface area contributed by atoms with Gasteiger partial charge in [-0.3, -0.25) is 0 Å². The predicted molar refractivity (Wildman–Crippen MR) is 52.7 cm³/mol. The standard InChI is InChI=1S/C10H7NO3/c12-7-2-3-8-6(5-7)1-4-9(11-14)10(8)13/h1-5,12-13H. The number of rotatable bonds is 1. The molecule has 0 aliphatic carbocycles. The zero-order valence-corrected chi connectivity index (χ0v) is 7.14. The number of aromatic hydroxyl groups is 2. The molecule has 0 spiro atoms. The lowest BCUT2D eigenvalue weighted by Crippen LogP contribution is -1.74. The van der Waals surface area contributed by atoms with Crippen LogP contribution in [0.1, 0.15) is 0 Å². The first-order valence-corrected chi connectivity index (χ1v) is 4.00. The fraction of sp³-hybridized carbons (Fsp3) is 0. The van der Waals surface area contributed by atoms with Gasteiger partial charge < -0.3 is 10.2 Å². The molecule has 0 bridgehead atoms. The topological polar surface area (TPSA) is 69.9 Å². The molecule has 0 fully saturated rings. The van der Waals surface area contributed by atoms with E-state index in [1.165, 1.54) is 24.3 Å². The molecule has 0 saturated carbocycles. The van der Waals surface area contributed by atoms with Crippen LogP contribution in [-0.4, -0.2) is 10.2 Å². The fourth-order valence-electron chi connectivity index (χ4n) is 1.36. The molecule has 0 atom stereocenters. The van der Waals surface area contributed by atoms with Gasteiger partial charge in [0.2, 0.25) is 0 Å². The van der Waals surface area contributed by atoms with Gasteiger partial charge in [-0.05, 0) is 34.8 Å². The Morgan fingerprint density at radius 1 is 1.07 bits per heavy atom. The van der Waals surface area contributed by atoms with Crippen LogP contribution in [0.15, 0.2) is 35.5 Å². The van der Waals surface area contributed by atoms with Crippen LogP contribution in [0.3, 0.4) is 0 Å². The van der Waals surface area contributed by atoms with Crippen LogP contribution in [-0.2, 0) is 0 Å². The molecule has 0 aliphatic heterocycles. The fourth-order valence-corrected chi connectivity index (χ4v) is 1.36.